The Labute approximate surface area is 417 Å². The molecule has 0 amide bonds. The molecule has 0 radical (unpaired) electrons. The summed E-state index contributed by atoms with van der Waals surface area (Å²) in [7, 11) is 7.91. The fourth-order valence-corrected chi connectivity index (χ4v) is 7.26. The average Bonchev–Trinajstić information content (AvgIpc) is 3.29. The van der Waals surface area contributed by atoms with Crippen LogP contribution in [0.3, 0.4) is 0 Å². The van der Waals surface area contributed by atoms with E-state index in [1.54, 1.807) is 12.2 Å². The highest BCUT2D eigenvalue weighted by Crippen LogP contribution is 2.50. The first-order chi connectivity index (χ1) is 34.1. The highest BCUT2D eigenvalue weighted by Gasteiger charge is 2.37. The van der Waals surface area contributed by atoms with Crippen LogP contribution in [0, 0.1) is 0 Å². The zero-order valence-corrected chi connectivity index (χ0v) is 42.3. The van der Waals surface area contributed by atoms with Gasteiger partial charge in [-0.3, -0.25) is 33.7 Å². The Morgan fingerprint density at radius 2 is 0.972 bits per heavy atom. The Morgan fingerprint density at radius 3 is 1.39 bits per heavy atom. The topological polar surface area (TPSA) is 242 Å². The third-order valence-corrected chi connectivity index (χ3v) is 10.8. The molecule has 0 aliphatic heterocycles. The van der Waals surface area contributed by atoms with E-state index >= 15 is 0 Å². The largest absolute Gasteiger partial charge is 0.485 e. The highest BCUT2D eigenvalue weighted by atomic mass is 16.7. The van der Waals surface area contributed by atoms with Crippen molar-refractivity contribution in [2.24, 2.45) is 0 Å². The highest BCUT2D eigenvalue weighted by molar-refractivity contribution is 6.08. The van der Waals surface area contributed by atoms with Crippen LogP contribution in [0.15, 0.2) is 66.0 Å². The molecule has 0 saturated carbocycles. The molecule has 22 nitrogen and oxygen atoms in total. The van der Waals surface area contributed by atoms with E-state index in [1.165, 1.54) is 9.48 Å². The number of carbonyl (C=O) groups is 8. The van der Waals surface area contributed by atoms with Crippen molar-refractivity contribution in [3.05, 3.63) is 88.2 Å². The van der Waals surface area contributed by atoms with Crippen LogP contribution >= 0.6 is 0 Å². The normalized spacial score (nSPS) is 13.1. The van der Waals surface area contributed by atoms with Crippen molar-refractivity contribution in [3.63, 3.8) is 0 Å². The fourth-order valence-electron chi connectivity index (χ4n) is 7.26. The number of anilines is 2. The van der Waals surface area contributed by atoms with Gasteiger partial charge in [-0.15, -0.1) is 0 Å². The van der Waals surface area contributed by atoms with E-state index in [0.29, 0.717) is 0 Å². The Kier molecular flexibility index (Phi) is 21.5. The van der Waals surface area contributed by atoms with Gasteiger partial charge in [-0.05, 0) is 69.8 Å². The number of hydrogen-bond donors (Lipinski definition) is 0. The fraction of sp³-hybridized carbons (Fsp3) is 0.460. The summed E-state index contributed by atoms with van der Waals surface area (Å²) in [6.07, 6.45) is 5.30. The molecule has 2 aromatic rings. The molecule has 0 aromatic heterocycles. The van der Waals surface area contributed by atoms with Gasteiger partial charge in [0.1, 0.15) is 6.61 Å². The minimum absolute atomic E-state index is 0.0106. The Balaban J connectivity index is 1.75. The molecule has 4 rings (SSSR count). The Hall–Kier alpha value is -7.59. The quantitative estimate of drug-likeness (QED) is 0.0457. The van der Waals surface area contributed by atoms with E-state index in [9.17, 15) is 38.4 Å². The van der Waals surface area contributed by atoms with E-state index in [1.807, 2.05) is 56.2 Å². The van der Waals surface area contributed by atoms with Gasteiger partial charge in [0.25, 0.3) is 0 Å². The first-order valence-corrected chi connectivity index (χ1v) is 22.6. The Bertz CT molecular complexity index is 2350. The molecule has 0 atom stereocenters. The molecule has 0 saturated heterocycles. The molecule has 2 aliphatic carbocycles. The predicted molar refractivity (Wildman–Crippen MR) is 256 cm³/mol. The van der Waals surface area contributed by atoms with Crippen molar-refractivity contribution < 1.29 is 90.3 Å². The molecule has 0 heterocycles. The minimum atomic E-state index is -0.877. The number of carbonyl (C=O) groups excluding carboxylic acids is 8. The maximum atomic E-state index is 13.2. The monoisotopic (exact) mass is 1010 g/mol. The van der Waals surface area contributed by atoms with Gasteiger partial charge in [0.15, 0.2) is 5.76 Å². The summed E-state index contributed by atoms with van der Waals surface area (Å²) < 4.78 is 52.7. The lowest BCUT2D eigenvalue weighted by Gasteiger charge is -2.38. The lowest BCUT2D eigenvalue weighted by molar-refractivity contribution is -0.509. The number of nitrogens with zero attached hydrogens (tertiary/aromatic N) is 4. The van der Waals surface area contributed by atoms with E-state index in [2.05, 4.69) is 47.6 Å². The molecule has 0 fully saturated rings. The van der Waals surface area contributed by atoms with Crippen molar-refractivity contribution in [3.8, 4) is 0 Å². The summed E-state index contributed by atoms with van der Waals surface area (Å²) in [5.74, 6) is -5.91. The zero-order valence-electron chi connectivity index (χ0n) is 42.3. The molecule has 0 bridgehead atoms. The zero-order chi connectivity index (χ0) is 53.1. The first kappa shape index (κ1) is 57.0. The van der Waals surface area contributed by atoms with Gasteiger partial charge in [-0.2, -0.15) is 0 Å². The summed E-state index contributed by atoms with van der Waals surface area (Å²) in [5.41, 5.74) is 7.48. The lowest BCUT2D eigenvalue weighted by Crippen LogP contribution is -2.38. The van der Waals surface area contributed by atoms with Crippen molar-refractivity contribution in [1.29, 1.82) is 0 Å². The molecule has 2 aromatic carbocycles. The van der Waals surface area contributed by atoms with Crippen molar-refractivity contribution in [1.82, 2.24) is 4.90 Å². The molecule has 0 spiro atoms. The standard InChI is InChI=1S/C50H63N4O18/c1-32(55)65-28-69-45(59)24-53(25-46(60)70-29-66-33(2)56)17-18-63-19-20-64-44-21-36(11-16-43(44)54(26-47(61)71-30-67-34(3)57)27-48(62)72-31-68-35(4)58)49-39-14-12-37(51(7)8)22-41(39)50(5,6)42-23-38(52(9)10)13-15-40(42)49/h11-16,21-23H,17-20,24-31H2,1-10H3/q+1. The molecule has 0 N–H and O–H groups in total. The van der Waals surface area contributed by atoms with Crippen LogP contribution in [0.25, 0.3) is 5.57 Å². The van der Waals surface area contributed by atoms with Gasteiger partial charge in [-0.25, -0.2) is 14.2 Å². The number of ether oxygens (including phenoxy) is 10. The van der Waals surface area contributed by atoms with Crippen LogP contribution < -0.4 is 9.80 Å². The molecule has 0 unspecified atom stereocenters. The summed E-state index contributed by atoms with van der Waals surface area (Å²) in [4.78, 5) is 102. The van der Waals surface area contributed by atoms with Crippen molar-refractivity contribution in [2.45, 2.75) is 47.0 Å². The third-order valence-electron chi connectivity index (χ3n) is 10.8. The second-order valence-electron chi connectivity index (χ2n) is 17.0. The van der Waals surface area contributed by atoms with E-state index in [-0.39, 0.29) is 37.8 Å². The Morgan fingerprint density at radius 1 is 0.542 bits per heavy atom. The number of fused-ring (bicyclic) bond motifs is 2. The number of esters is 8. The van der Waals surface area contributed by atoms with Gasteiger partial charge in [0.05, 0.1) is 26.3 Å². The summed E-state index contributed by atoms with van der Waals surface area (Å²) in [6.45, 7) is 4.10. The van der Waals surface area contributed by atoms with Crippen LogP contribution in [-0.4, -0.2) is 171 Å². The number of rotatable bonds is 25. The number of hydrogen-bond acceptors (Lipinski definition) is 21. The van der Waals surface area contributed by atoms with Crippen LogP contribution in [0.4, 0.5) is 11.4 Å². The van der Waals surface area contributed by atoms with E-state index in [0.717, 1.165) is 72.5 Å². The molecular formula is C50H63N4O18+. The smallest absolute Gasteiger partial charge is 0.375 e. The van der Waals surface area contributed by atoms with Crippen LogP contribution in [0.5, 0.6) is 0 Å². The van der Waals surface area contributed by atoms with Crippen LogP contribution in [0.1, 0.15) is 63.8 Å². The molecule has 22 heteroatoms. The summed E-state index contributed by atoms with van der Waals surface area (Å²) in [5, 5.41) is 0. The van der Waals surface area contributed by atoms with Crippen LogP contribution in [0.2, 0.25) is 0 Å². The second kappa shape index (κ2) is 27.1. The predicted octanol–water partition coefficient (Wildman–Crippen LogP) is 2.76. The summed E-state index contributed by atoms with van der Waals surface area (Å²) >= 11 is 0. The maximum Gasteiger partial charge on any atom is 0.375 e. The molecule has 2 aliphatic rings. The number of benzene rings is 2. The summed E-state index contributed by atoms with van der Waals surface area (Å²) in [6, 6.07) is 12.6. The first-order valence-electron chi connectivity index (χ1n) is 22.6. The maximum absolute atomic E-state index is 13.2. The number of allylic oxidation sites excluding steroid dienone is 4. The average molecular weight is 1010 g/mol. The van der Waals surface area contributed by atoms with Gasteiger partial charge in [0, 0.05) is 85.3 Å². The minimum Gasteiger partial charge on any atom is -0.485 e. The van der Waals surface area contributed by atoms with Crippen molar-refractivity contribution in [2.75, 3.05) is 118 Å². The van der Waals surface area contributed by atoms with Crippen LogP contribution in [-0.2, 0) is 91.1 Å². The molecule has 390 valence electrons. The second-order valence-corrected chi connectivity index (χ2v) is 17.0. The van der Waals surface area contributed by atoms with Gasteiger partial charge >= 0.3 is 47.8 Å². The SMILES string of the molecule is CC(=O)OCOC(=O)CN(CCOCCOC1=CC(=C2c3ccc(N(C)C)cc3C(C)(C)c3cc(N(C)C)ccc32)C=CC1=[N+](CC(=O)OCOC(C)=O)CC(=O)OCOC(C)=O)CC(=O)OCOC(C)=O. The van der Waals surface area contributed by atoms with E-state index < -0.39 is 107 Å². The molecular weight excluding hydrogens is 945 g/mol. The molecule has 72 heavy (non-hydrogen) atoms. The third kappa shape index (κ3) is 17.4. The lowest BCUT2D eigenvalue weighted by atomic mass is 9.66. The van der Waals surface area contributed by atoms with Gasteiger partial charge in [-0.1, -0.05) is 26.0 Å². The van der Waals surface area contributed by atoms with E-state index in [4.69, 9.17) is 37.9 Å². The van der Waals surface area contributed by atoms with Crippen molar-refractivity contribution >= 4 is 70.4 Å². The van der Waals surface area contributed by atoms with Gasteiger partial charge in [0.2, 0.25) is 46.0 Å². The van der Waals surface area contributed by atoms with Gasteiger partial charge < -0.3 is 57.2 Å².